The van der Waals surface area contributed by atoms with Gasteiger partial charge in [0, 0.05) is 12.6 Å². The molecule has 1 aliphatic rings. The third-order valence-electron chi connectivity index (χ3n) is 2.57. The first kappa shape index (κ1) is 12.3. The van der Waals surface area contributed by atoms with Gasteiger partial charge in [-0.25, -0.2) is 0 Å². The van der Waals surface area contributed by atoms with Crippen LogP contribution >= 0.6 is 0 Å². The van der Waals surface area contributed by atoms with Crippen molar-refractivity contribution in [2.24, 2.45) is 10.5 Å². The van der Waals surface area contributed by atoms with E-state index in [-0.39, 0.29) is 0 Å². The topological polar surface area (TPSA) is 18.8 Å². The van der Waals surface area contributed by atoms with Crippen LogP contribution in [0.15, 0.2) is 5.10 Å². The smallest absolute Gasteiger partial charge is 0.119 e. The Morgan fingerprint density at radius 3 is 2.33 bits per heavy atom. The van der Waals surface area contributed by atoms with Crippen LogP contribution in [0.5, 0.6) is 0 Å². The highest BCUT2D eigenvalue weighted by atomic mass is 15.6. The summed E-state index contributed by atoms with van der Waals surface area (Å²) >= 11 is 0. The maximum absolute atomic E-state index is 4.49. The maximum Gasteiger partial charge on any atom is 0.119 e. The lowest BCUT2D eigenvalue weighted by Gasteiger charge is -2.35. The van der Waals surface area contributed by atoms with Crippen LogP contribution in [0.25, 0.3) is 0 Å². The van der Waals surface area contributed by atoms with Crippen molar-refractivity contribution in [1.82, 2.24) is 9.91 Å². The van der Waals surface area contributed by atoms with Crippen LogP contribution in [0.2, 0.25) is 0 Å². The molecule has 1 rings (SSSR count). The molecule has 0 spiro atoms. The molecule has 1 aliphatic heterocycles. The zero-order valence-corrected chi connectivity index (χ0v) is 11.0. The summed E-state index contributed by atoms with van der Waals surface area (Å²) in [5.41, 5.74) is 0.326. The number of hydrazone groups is 1. The molecular weight excluding hydrogens is 186 g/mol. The first-order chi connectivity index (χ1) is 6.85. The third kappa shape index (κ3) is 3.11. The van der Waals surface area contributed by atoms with Crippen LogP contribution in [0, 0.1) is 5.41 Å². The molecule has 15 heavy (non-hydrogen) atoms. The molecule has 0 saturated heterocycles. The summed E-state index contributed by atoms with van der Waals surface area (Å²) in [7, 11) is 0. The fourth-order valence-electron chi connectivity index (χ4n) is 2.02. The van der Waals surface area contributed by atoms with Gasteiger partial charge in [0.25, 0.3) is 0 Å². The van der Waals surface area contributed by atoms with Crippen LogP contribution in [-0.4, -0.2) is 35.0 Å². The Bertz CT molecular complexity index is 228. The summed E-state index contributed by atoms with van der Waals surface area (Å²) in [6.45, 7) is 14.5. The lowest BCUT2D eigenvalue weighted by molar-refractivity contribution is 0.0792. The van der Waals surface area contributed by atoms with Crippen LogP contribution in [0.1, 0.15) is 48.0 Å². The first-order valence-corrected chi connectivity index (χ1v) is 5.93. The largest absolute Gasteiger partial charge is 0.339 e. The van der Waals surface area contributed by atoms with E-state index < -0.39 is 0 Å². The predicted molar refractivity (Wildman–Crippen MR) is 65.7 cm³/mol. The summed E-state index contributed by atoms with van der Waals surface area (Å²) in [6, 6.07) is 0.483. The summed E-state index contributed by atoms with van der Waals surface area (Å²) in [4.78, 5) is 2.36. The number of rotatable bonds is 3. The second-order valence-electron chi connectivity index (χ2n) is 5.83. The maximum atomic E-state index is 4.49. The lowest BCUT2D eigenvalue weighted by atomic mass is 9.96. The number of nitrogens with zero attached hydrogens (tertiary/aromatic N) is 3. The highest BCUT2D eigenvalue weighted by molar-refractivity contribution is 5.57. The van der Waals surface area contributed by atoms with Crippen molar-refractivity contribution in [3.05, 3.63) is 0 Å². The highest BCUT2D eigenvalue weighted by Crippen LogP contribution is 2.23. The van der Waals surface area contributed by atoms with Crippen molar-refractivity contribution in [2.45, 2.75) is 60.2 Å². The van der Waals surface area contributed by atoms with Gasteiger partial charge in [-0.3, -0.25) is 5.01 Å². The molecule has 1 unspecified atom stereocenters. The molecule has 1 atom stereocenters. The molecule has 3 heteroatoms. The summed E-state index contributed by atoms with van der Waals surface area (Å²) < 4.78 is 0. The minimum absolute atomic E-state index is 0.326. The third-order valence-corrected chi connectivity index (χ3v) is 2.57. The summed E-state index contributed by atoms with van der Waals surface area (Å²) in [5.74, 6) is 0. The van der Waals surface area contributed by atoms with Gasteiger partial charge >= 0.3 is 0 Å². The standard InChI is InChI=1S/C12H25N3/c1-7-11-14(8-12(4,5)6)9-13-15(11)10(2)3/h9-11H,7-8H2,1-6H3. The van der Waals surface area contributed by atoms with Crippen LogP contribution in [0.4, 0.5) is 0 Å². The van der Waals surface area contributed by atoms with E-state index in [1.807, 2.05) is 6.34 Å². The van der Waals surface area contributed by atoms with Crippen LogP contribution in [0.3, 0.4) is 0 Å². The quantitative estimate of drug-likeness (QED) is 0.715. The van der Waals surface area contributed by atoms with Crippen molar-refractivity contribution in [2.75, 3.05) is 6.54 Å². The molecule has 0 N–H and O–H groups in total. The Hall–Kier alpha value is -0.730. The van der Waals surface area contributed by atoms with E-state index in [4.69, 9.17) is 0 Å². The zero-order valence-electron chi connectivity index (χ0n) is 11.0. The molecule has 88 valence electrons. The minimum Gasteiger partial charge on any atom is -0.339 e. The molecule has 0 saturated carbocycles. The molecule has 0 aromatic rings. The Kier molecular flexibility index (Phi) is 3.63. The fourth-order valence-corrected chi connectivity index (χ4v) is 2.02. The Morgan fingerprint density at radius 1 is 1.33 bits per heavy atom. The molecule has 0 aromatic carbocycles. The SMILES string of the molecule is CCC1N(CC(C)(C)C)C=NN1C(C)C. The van der Waals surface area contributed by atoms with Crippen molar-refractivity contribution >= 4 is 6.34 Å². The van der Waals surface area contributed by atoms with Gasteiger partial charge in [-0.1, -0.05) is 27.7 Å². The molecule has 0 amide bonds. The van der Waals surface area contributed by atoms with E-state index in [2.05, 4.69) is 56.6 Å². The monoisotopic (exact) mass is 211 g/mol. The molecule has 3 nitrogen and oxygen atoms in total. The van der Waals surface area contributed by atoms with Gasteiger partial charge < -0.3 is 4.90 Å². The van der Waals surface area contributed by atoms with Crippen LogP contribution < -0.4 is 0 Å². The number of hydrogen-bond donors (Lipinski definition) is 0. The van der Waals surface area contributed by atoms with E-state index >= 15 is 0 Å². The zero-order chi connectivity index (χ0) is 11.6. The normalized spacial score (nSPS) is 21.9. The highest BCUT2D eigenvalue weighted by Gasteiger charge is 2.30. The van der Waals surface area contributed by atoms with Crippen molar-refractivity contribution in [3.63, 3.8) is 0 Å². The van der Waals surface area contributed by atoms with Gasteiger partial charge in [0.2, 0.25) is 0 Å². The van der Waals surface area contributed by atoms with Crippen molar-refractivity contribution in [1.29, 1.82) is 0 Å². The fraction of sp³-hybridized carbons (Fsp3) is 0.917. The Balaban J connectivity index is 2.66. The van der Waals surface area contributed by atoms with E-state index in [0.29, 0.717) is 17.6 Å². The average molecular weight is 211 g/mol. The van der Waals surface area contributed by atoms with Gasteiger partial charge in [-0.05, 0) is 25.7 Å². The lowest BCUT2D eigenvalue weighted by Crippen LogP contribution is -2.45. The average Bonchev–Trinajstić information content (AvgIpc) is 2.44. The van der Waals surface area contributed by atoms with Gasteiger partial charge in [0.15, 0.2) is 0 Å². The van der Waals surface area contributed by atoms with Gasteiger partial charge in [-0.15, -0.1) is 0 Å². The molecule has 0 bridgehead atoms. The molecule has 0 aromatic heterocycles. The first-order valence-electron chi connectivity index (χ1n) is 5.93. The predicted octanol–water partition coefficient (Wildman–Crippen LogP) is 2.74. The van der Waals surface area contributed by atoms with E-state index in [1.54, 1.807) is 0 Å². The Labute approximate surface area is 94.1 Å². The molecule has 0 aliphatic carbocycles. The van der Waals surface area contributed by atoms with Crippen molar-refractivity contribution < 1.29 is 0 Å². The van der Waals surface area contributed by atoms with Crippen molar-refractivity contribution in [3.8, 4) is 0 Å². The van der Waals surface area contributed by atoms with Gasteiger partial charge in [-0.2, -0.15) is 5.10 Å². The second-order valence-corrected chi connectivity index (χ2v) is 5.83. The molecule has 1 heterocycles. The molecular formula is C12H25N3. The van der Waals surface area contributed by atoms with Gasteiger partial charge in [0.1, 0.15) is 12.5 Å². The second kappa shape index (κ2) is 4.42. The molecule has 0 radical (unpaired) electrons. The van der Waals surface area contributed by atoms with Crippen LogP contribution in [-0.2, 0) is 0 Å². The minimum atomic E-state index is 0.326. The van der Waals surface area contributed by atoms with E-state index in [9.17, 15) is 0 Å². The molecule has 0 fully saturated rings. The Morgan fingerprint density at radius 2 is 1.93 bits per heavy atom. The van der Waals surface area contributed by atoms with E-state index in [0.717, 1.165) is 13.0 Å². The summed E-state index contributed by atoms with van der Waals surface area (Å²) in [5, 5.41) is 6.69. The summed E-state index contributed by atoms with van der Waals surface area (Å²) in [6.07, 6.45) is 3.57. The number of hydrogen-bond acceptors (Lipinski definition) is 3. The van der Waals surface area contributed by atoms with Gasteiger partial charge in [0.05, 0.1) is 0 Å². The van der Waals surface area contributed by atoms with E-state index in [1.165, 1.54) is 0 Å².